The largest absolute Gasteiger partial charge is 0.480 e. The number of aliphatic carboxylic acids is 1. The summed E-state index contributed by atoms with van der Waals surface area (Å²) in [5.41, 5.74) is 12.8. The van der Waals surface area contributed by atoms with Gasteiger partial charge < -0.3 is 26.5 Å². The smallest absolute Gasteiger partial charge is 0.320 e. The monoisotopic (exact) mass is 304 g/mol. The van der Waals surface area contributed by atoms with Gasteiger partial charge in [0.2, 0.25) is 5.91 Å². The maximum absolute atomic E-state index is 12.4. The minimum Gasteiger partial charge on any atom is -0.480 e. The molecule has 0 saturated heterocycles. The van der Waals surface area contributed by atoms with Gasteiger partial charge in [0, 0.05) is 23.6 Å². The third kappa shape index (κ3) is 3.26. The summed E-state index contributed by atoms with van der Waals surface area (Å²) >= 11 is 0. The number of fused-ring (bicyclic) bond motifs is 1. The molecule has 1 aromatic carbocycles. The highest BCUT2D eigenvalue weighted by Gasteiger charge is 2.23. The summed E-state index contributed by atoms with van der Waals surface area (Å²) in [7, 11) is 0. The summed E-state index contributed by atoms with van der Waals surface area (Å²) < 4.78 is 0. The summed E-state index contributed by atoms with van der Waals surface area (Å²) in [6, 6.07) is 5.84. The SMILES string of the molecule is C[C@H](N)C(=O)N(CC[C@H](N)C(=O)O)c1c[nH]c2ccccc12. The second-order valence-electron chi connectivity index (χ2n) is 5.23. The van der Waals surface area contributed by atoms with Crippen LogP contribution in [0.25, 0.3) is 10.9 Å². The fraction of sp³-hybridized carbons (Fsp3) is 0.333. The highest BCUT2D eigenvalue weighted by Crippen LogP contribution is 2.27. The predicted octanol–water partition coefficient (Wildman–Crippen LogP) is 0.650. The number of rotatable bonds is 6. The van der Waals surface area contributed by atoms with E-state index in [9.17, 15) is 9.59 Å². The van der Waals surface area contributed by atoms with Gasteiger partial charge in [-0.15, -0.1) is 0 Å². The van der Waals surface area contributed by atoms with E-state index in [0.717, 1.165) is 10.9 Å². The van der Waals surface area contributed by atoms with Crippen molar-refractivity contribution in [3.8, 4) is 0 Å². The molecular weight excluding hydrogens is 284 g/mol. The number of benzene rings is 1. The molecule has 0 unspecified atom stereocenters. The van der Waals surface area contributed by atoms with Crippen molar-refractivity contribution >= 4 is 28.5 Å². The third-order valence-corrected chi connectivity index (χ3v) is 3.49. The number of aromatic amines is 1. The van der Waals surface area contributed by atoms with E-state index in [2.05, 4.69) is 4.98 Å². The lowest BCUT2D eigenvalue weighted by Crippen LogP contribution is -2.44. The molecule has 7 heteroatoms. The Morgan fingerprint density at radius 1 is 1.32 bits per heavy atom. The van der Waals surface area contributed by atoms with Crippen LogP contribution in [0, 0.1) is 0 Å². The Morgan fingerprint density at radius 2 is 2.00 bits per heavy atom. The number of amides is 1. The number of nitrogens with zero attached hydrogens (tertiary/aromatic N) is 1. The molecule has 0 radical (unpaired) electrons. The fourth-order valence-corrected chi connectivity index (χ4v) is 2.27. The molecule has 7 nitrogen and oxygen atoms in total. The standard InChI is InChI=1S/C15H20N4O3/c1-9(16)14(20)19(7-6-11(17)15(21)22)13-8-18-12-5-3-2-4-10(12)13/h2-5,8-9,11,18H,6-7,16-17H2,1H3,(H,21,22)/t9-,11-/m0/s1. The molecule has 22 heavy (non-hydrogen) atoms. The summed E-state index contributed by atoms with van der Waals surface area (Å²) in [6.07, 6.45) is 1.87. The first-order chi connectivity index (χ1) is 10.4. The minimum absolute atomic E-state index is 0.146. The lowest BCUT2D eigenvalue weighted by Gasteiger charge is -2.24. The van der Waals surface area contributed by atoms with E-state index < -0.39 is 18.1 Å². The zero-order valence-corrected chi connectivity index (χ0v) is 12.3. The van der Waals surface area contributed by atoms with Gasteiger partial charge in [-0.3, -0.25) is 9.59 Å². The van der Waals surface area contributed by atoms with Crippen LogP contribution in [-0.2, 0) is 9.59 Å². The number of carbonyl (C=O) groups is 2. The van der Waals surface area contributed by atoms with Gasteiger partial charge in [-0.05, 0) is 19.4 Å². The van der Waals surface area contributed by atoms with Gasteiger partial charge in [-0.1, -0.05) is 18.2 Å². The number of hydrogen-bond donors (Lipinski definition) is 4. The Morgan fingerprint density at radius 3 is 2.64 bits per heavy atom. The van der Waals surface area contributed by atoms with E-state index in [1.54, 1.807) is 13.1 Å². The molecule has 0 fully saturated rings. The maximum atomic E-state index is 12.4. The van der Waals surface area contributed by atoms with Crippen LogP contribution >= 0.6 is 0 Å². The Bertz CT molecular complexity index is 680. The highest BCUT2D eigenvalue weighted by molar-refractivity contribution is 6.05. The first-order valence-electron chi connectivity index (χ1n) is 7.03. The van der Waals surface area contributed by atoms with Crippen LogP contribution in [-0.4, -0.2) is 40.6 Å². The predicted molar refractivity (Wildman–Crippen MR) is 84.5 cm³/mol. The quantitative estimate of drug-likeness (QED) is 0.623. The van der Waals surface area contributed by atoms with Gasteiger partial charge in [0.25, 0.3) is 0 Å². The number of nitrogens with two attached hydrogens (primary N) is 2. The van der Waals surface area contributed by atoms with Crippen LogP contribution in [0.2, 0.25) is 0 Å². The van der Waals surface area contributed by atoms with Gasteiger partial charge >= 0.3 is 5.97 Å². The number of nitrogens with one attached hydrogen (secondary N) is 1. The average Bonchev–Trinajstić information content (AvgIpc) is 2.91. The second-order valence-corrected chi connectivity index (χ2v) is 5.23. The molecule has 0 aliphatic rings. The number of carboxylic acid groups (broad SMARTS) is 1. The topological polar surface area (TPSA) is 125 Å². The molecule has 0 saturated carbocycles. The Kier molecular flexibility index (Phi) is 4.79. The summed E-state index contributed by atoms with van der Waals surface area (Å²) in [4.78, 5) is 27.8. The first kappa shape index (κ1) is 16.0. The van der Waals surface area contributed by atoms with E-state index in [1.807, 2.05) is 24.3 Å². The van der Waals surface area contributed by atoms with Crippen molar-refractivity contribution < 1.29 is 14.7 Å². The third-order valence-electron chi connectivity index (χ3n) is 3.49. The normalized spacial score (nSPS) is 13.8. The number of hydrogen-bond acceptors (Lipinski definition) is 4. The number of carboxylic acids is 1. The molecule has 2 atom stereocenters. The van der Waals surface area contributed by atoms with Gasteiger partial charge in [-0.25, -0.2) is 0 Å². The van der Waals surface area contributed by atoms with Crippen molar-refractivity contribution in [2.24, 2.45) is 11.5 Å². The fourth-order valence-electron chi connectivity index (χ4n) is 2.27. The molecule has 0 aliphatic heterocycles. The van der Waals surface area contributed by atoms with Crippen molar-refractivity contribution in [2.45, 2.75) is 25.4 Å². The molecule has 2 aromatic rings. The summed E-state index contributed by atoms with van der Waals surface area (Å²) in [6.45, 7) is 1.79. The molecule has 2 rings (SSSR count). The Labute approximate surface area is 127 Å². The number of para-hydroxylation sites is 1. The Balaban J connectivity index is 2.32. The van der Waals surface area contributed by atoms with Gasteiger partial charge in [0.1, 0.15) is 6.04 Å². The lowest BCUT2D eigenvalue weighted by atomic mass is 10.1. The number of carbonyl (C=O) groups excluding carboxylic acids is 1. The van der Waals surface area contributed by atoms with Crippen molar-refractivity contribution in [1.82, 2.24) is 4.98 Å². The lowest BCUT2D eigenvalue weighted by molar-refractivity contribution is -0.138. The van der Waals surface area contributed by atoms with Crippen LogP contribution in [0.1, 0.15) is 13.3 Å². The van der Waals surface area contributed by atoms with Crippen LogP contribution < -0.4 is 16.4 Å². The van der Waals surface area contributed by atoms with Crippen LogP contribution in [0.15, 0.2) is 30.5 Å². The zero-order chi connectivity index (χ0) is 16.3. The highest BCUT2D eigenvalue weighted by atomic mass is 16.4. The second kappa shape index (κ2) is 6.59. The molecule has 0 bridgehead atoms. The van der Waals surface area contributed by atoms with Crippen LogP contribution in [0.4, 0.5) is 5.69 Å². The van der Waals surface area contributed by atoms with Crippen LogP contribution in [0.5, 0.6) is 0 Å². The first-order valence-corrected chi connectivity index (χ1v) is 7.03. The van der Waals surface area contributed by atoms with Crippen molar-refractivity contribution in [2.75, 3.05) is 11.4 Å². The number of aromatic nitrogens is 1. The van der Waals surface area contributed by atoms with E-state index in [4.69, 9.17) is 16.6 Å². The molecule has 1 amide bonds. The van der Waals surface area contributed by atoms with Gasteiger partial charge in [-0.2, -0.15) is 0 Å². The summed E-state index contributed by atoms with van der Waals surface area (Å²) in [5, 5.41) is 9.76. The Hall–Kier alpha value is -2.38. The molecule has 1 heterocycles. The molecule has 1 aromatic heterocycles. The van der Waals surface area contributed by atoms with Crippen molar-refractivity contribution in [3.63, 3.8) is 0 Å². The molecule has 0 spiro atoms. The van der Waals surface area contributed by atoms with Crippen molar-refractivity contribution in [1.29, 1.82) is 0 Å². The van der Waals surface area contributed by atoms with E-state index in [1.165, 1.54) is 4.90 Å². The molecular formula is C15H20N4O3. The van der Waals surface area contributed by atoms with Gasteiger partial charge in [0.05, 0.1) is 11.7 Å². The average molecular weight is 304 g/mol. The maximum Gasteiger partial charge on any atom is 0.320 e. The van der Waals surface area contributed by atoms with E-state index >= 15 is 0 Å². The molecule has 118 valence electrons. The van der Waals surface area contributed by atoms with E-state index in [-0.39, 0.29) is 18.9 Å². The van der Waals surface area contributed by atoms with Crippen LogP contribution in [0.3, 0.4) is 0 Å². The van der Waals surface area contributed by atoms with Crippen molar-refractivity contribution in [3.05, 3.63) is 30.5 Å². The van der Waals surface area contributed by atoms with Gasteiger partial charge in [0.15, 0.2) is 0 Å². The molecule has 0 aliphatic carbocycles. The number of H-pyrrole nitrogens is 1. The summed E-state index contributed by atoms with van der Waals surface area (Å²) in [5.74, 6) is -1.37. The minimum atomic E-state index is -1.09. The van der Waals surface area contributed by atoms with E-state index in [0.29, 0.717) is 5.69 Å². The zero-order valence-electron chi connectivity index (χ0n) is 12.3. The molecule has 6 N–H and O–H groups in total. The number of anilines is 1.